The zero-order valence-electron chi connectivity index (χ0n) is 11.1. The molecule has 1 aromatic rings. The van der Waals surface area contributed by atoms with Crippen molar-refractivity contribution in [3.8, 4) is 5.75 Å². The lowest BCUT2D eigenvalue weighted by Gasteiger charge is -2.29. The van der Waals surface area contributed by atoms with Crippen LogP contribution < -0.4 is 9.88 Å². The molecule has 20 heavy (non-hydrogen) atoms. The van der Waals surface area contributed by atoms with E-state index in [1.54, 1.807) is 0 Å². The van der Waals surface area contributed by atoms with Crippen molar-refractivity contribution in [3.05, 3.63) is 24.0 Å². The Labute approximate surface area is 117 Å². The van der Waals surface area contributed by atoms with Crippen LogP contribution in [0.1, 0.15) is 0 Å². The van der Waals surface area contributed by atoms with Crippen LogP contribution in [-0.2, 0) is 14.8 Å². The number of nitrogens with two attached hydrogens (primary N) is 1. The highest BCUT2D eigenvalue weighted by Crippen LogP contribution is 2.24. The number of hydrogen-bond acceptors (Lipinski definition) is 5. The third kappa shape index (κ3) is 3.89. The summed E-state index contributed by atoms with van der Waals surface area (Å²) in [5, 5.41) is 5.04. The second-order valence-corrected chi connectivity index (χ2v) is 6.23. The maximum absolute atomic E-state index is 13.1. The summed E-state index contributed by atoms with van der Waals surface area (Å²) in [7, 11) is -2.07. The van der Waals surface area contributed by atoms with Gasteiger partial charge in [0.1, 0.15) is 29.2 Å². The summed E-state index contributed by atoms with van der Waals surface area (Å²) in [6.07, 6.45) is -0.160. The first kappa shape index (κ1) is 15.2. The average Bonchev–Trinajstić information content (AvgIpc) is 2.36. The van der Waals surface area contributed by atoms with Crippen LogP contribution in [0.25, 0.3) is 0 Å². The van der Waals surface area contributed by atoms with Crippen molar-refractivity contribution in [1.82, 2.24) is 4.90 Å². The summed E-state index contributed by atoms with van der Waals surface area (Å²) in [5.41, 5.74) is 0. The molecule has 112 valence electrons. The predicted octanol–water partition coefficient (Wildman–Crippen LogP) is 0.182. The van der Waals surface area contributed by atoms with Crippen LogP contribution in [0.4, 0.5) is 4.39 Å². The Morgan fingerprint density at radius 2 is 2.30 bits per heavy atom. The first-order valence-corrected chi connectivity index (χ1v) is 7.66. The zero-order valence-corrected chi connectivity index (χ0v) is 11.9. The van der Waals surface area contributed by atoms with Gasteiger partial charge in [0.2, 0.25) is 10.0 Å². The summed E-state index contributed by atoms with van der Waals surface area (Å²) in [6, 6.07) is 3.22. The highest BCUT2D eigenvalue weighted by atomic mass is 32.2. The fourth-order valence-corrected chi connectivity index (χ4v) is 2.66. The van der Waals surface area contributed by atoms with E-state index in [9.17, 15) is 12.8 Å². The molecule has 1 unspecified atom stereocenters. The molecule has 1 aliphatic rings. The van der Waals surface area contributed by atoms with Crippen LogP contribution >= 0.6 is 0 Å². The van der Waals surface area contributed by atoms with Gasteiger partial charge in [-0.1, -0.05) is 0 Å². The van der Waals surface area contributed by atoms with Crippen molar-refractivity contribution in [2.24, 2.45) is 5.14 Å². The molecule has 1 aliphatic heterocycles. The first-order valence-electron chi connectivity index (χ1n) is 6.11. The second-order valence-electron chi connectivity index (χ2n) is 4.70. The van der Waals surface area contributed by atoms with Gasteiger partial charge in [-0.2, -0.15) is 0 Å². The summed E-state index contributed by atoms with van der Waals surface area (Å²) in [4.78, 5) is 1.73. The molecule has 1 fully saturated rings. The van der Waals surface area contributed by atoms with E-state index in [0.29, 0.717) is 13.2 Å². The minimum atomic E-state index is -4.04. The topological polar surface area (TPSA) is 81.9 Å². The lowest BCUT2D eigenvalue weighted by atomic mass is 10.3. The van der Waals surface area contributed by atoms with Crippen LogP contribution in [0, 0.1) is 5.82 Å². The van der Waals surface area contributed by atoms with Crippen LogP contribution in [0.2, 0.25) is 0 Å². The van der Waals surface area contributed by atoms with E-state index in [-0.39, 0.29) is 23.4 Å². The van der Waals surface area contributed by atoms with Crippen molar-refractivity contribution in [2.45, 2.75) is 11.0 Å². The lowest BCUT2D eigenvalue weighted by molar-refractivity contribution is -0.0407. The Morgan fingerprint density at radius 1 is 1.55 bits per heavy atom. The minimum absolute atomic E-state index is 0.0331. The largest absolute Gasteiger partial charge is 0.489 e. The third-order valence-electron chi connectivity index (χ3n) is 2.98. The molecule has 0 saturated carbocycles. The van der Waals surface area contributed by atoms with Gasteiger partial charge in [-0.25, -0.2) is 17.9 Å². The highest BCUT2D eigenvalue weighted by Gasteiger charge is 2.21. The molecule has 1 aromatic carbocycles. The van der Waals surface area contributed by atoms with E-state index in [1.165, 1.54) is 6.07 Å². The molecule has 1 atom stereocenters. The number of likely N-dealkylation sites (N-methyl/N-ethyl adjacent to an activating group) is 1. The lowest BCUT2D eigenvalue weighted by Crippen LogP contribution is -2.42. The molecule has 2 rings (SSSR count). The molecule has 8 heteroatoms. The number of sulfonamides is 1. The monoisotopic (exact) mass is 304 g/mol. The molecule has 1 heterocycles. The van der Waals surface area contributed by atoms with E-state index in [0.717, 1.165) is 18.7 Å². The van der Waals surface area contributed by atoms with Gasteiger partial charge in [-0.05, 0) is 25.2 Å². The predicted molar refractivity (Wildman–Crippen MR) is 70.5 cm³/mol. The minimum Gasteiger partial charge on any atom is -0.489 e. The third-order valence-corrected chi connectivity index (χ3v) is 3.91. The van der Waals surface area contributed by atoms with E-state index >= 15 is 0 Å². The maximum Gasteiger partial charge on any atom is 0.241 e. The number of morpholine rings is 1. The number of rotatable bonds is 4. The van der Waals surface area contributed by atoms with Gasteiger partial charge in [-0.15, -0.1) is 0 Å². The Bertz CT molecular complexity index is 579. The summed E-state index contributed by atoms with van der Waals surface area (Å²) in [5.74, 6) is -0.652. The van der Waals surface area contributed by atoms with Crippen LogP contribution in [0.3, 0.4) is 0 Å². The molecular formula is C12H17FN2O4S. The van der Waals surface area contributed by atoms with Crippen molar-refractivity contribution in [2.75, 3.05) is 33.4 Å². The van der Waals surface area contributed by atoms with Crippen molar-refractivity contribution >= 4 is 10.0 Å². The van der Waals surface area contributed by atoms with Gasteiger partial charge in [0.15, 0.2) is 0 Å². The molecular weight excluding hydrogens is 287 g/mol. The Morgan fingerprint density at radius 3 is 2.95 bits per heavy atom. The van der Waals surface area contributed by atoms with Crippen LogP contribution in [-0.4, -0.2) is 52.8 Å². The van der Waals surface area contributed by atoms with Crippen molar-refractivity contribution in [1.29, 1.82) is 0 Å². The van der Waals surface area contributed by atoms with Crippen molar-refractivity contribution < 1.29 is 22.3 Å². The summed E-state index contributed by atoms with van der Waals surface area (Å²) in [6.45, 7) is 2.30. The number of halogens is 1. The fraction of sp³-hybridized carbons (Fsp3) is 0.500. The molecule has 0 bridgehead atoms. The SMILES string of the molecule is CN1CCOC(COc2ccc(F)cc2S(N)(=O)=O)C1. The Hall–Kier alpha value is -1.22. The first-order chi connectivity index (χ1) is 9.36. The van der Waals surface area contributed by atoms with E-state index in [4.69, 9.17) is 14.6 Å². The quantitative estimate of drug-likeness (QED) is 0.858. The molecule has 6 nitrogen and oxygen atoms in total. The number of benzene rings is 1. The zero-order chi connectivity index (χ0) is 14.8. The van der Waals surface area contributed by atoms with Crippen molar-refractivity contribution in [3.63, 3.8) is 0 Å². The van der Waals surface area contributed by atoms with Gasteiger partial charge < -0.3 is 14.4 Å². The standard InChI is InChI=1S/C12H17FN2O4S/c1-15-4-5-18-10(7-15)8-19-11-3-2-9(13)6-12(11)20(14,16)17/h2-3,6,10H,4-5,7-8H2,1H3,(H2,14,16,17). The van der Waals surface area contributed by atoms with Crippen LogP contribution in [0.5, 0.6) is 5.75 Å². The molecule has 0 aliphatic carbocycles. The van der Waals surface area contributed by atoms with Gasteiger partial charge >= 0.3 is 0 Å². The van der Waals surface area contributed by atoms with Gasteiger partial charge in [0.25, 0.3) is 0 Å². The van der Waals surface area contributed by atoms with E-state index in [2.05, 4.69) is 4.90 Å². The molecule has 2 N–H and O–H groups in total. The highest BCUT2D eigenvalue weighted by molar-refractivity contribution is 7.89. The van der Waals surface area contributed by atoms with Gasteiger partial charge in [0.05, 0.1) is 6.61 Å². The molecule has 0 radical (unpaired) electrons. The average molecular weight is 304 g/mol. The molecule has 0 aromatic heterocycles. The number of ether oxygens (including phenoxy) is 2. The number of nitrogens with zero attached hydrogens (tertiary/aromatic N) is 1. The Kier molecular flexibility index (Phi) is 4.59. The number of hydrogen-bond donors (Lipinski definition) is 1. The normalized spacial score (nSPS) is 20.9. The van der Waals surface area contributed by atoms with E-state index < -0.39 is 15.8 Å². The molecule has 0 amide bonds. The second kappa shape index (κ2) is 6.04. The summed E-state index contributed by atoms with van der Waals surface area (Å²) >= 11 is 0. The number of primary sulfonamides is 1. The molecule has 1 saturated heterocycles. The molecule has 0 spiro atoms. The van der Waals surface area contributed by atoms with Crippen LogP contribution in [0.15, 0.2) is 23.1 Å². The fourth-order valence-electron chi connectivity index (χ4n) is 1.97. The maximum atomic E-state index is 13.1. The smallest absolute Gasteiger partial charge is 0.241 e. The van der Waals surface area contributed by atoms with E-state index in [1.807, 2.05) is 7.05 Å². The van der Waals surface area contributed by atoms with Gasteiger partial charge in [0, 0.05) is 13.1 Å². The van der Waals surface area contributed by atoms with Gasteiger partial charge in [-0.3, -0.25) is 0 Å². The Balaban J connectivity index is 2.09. The summed E-state index contributed by atoms with van der Waals surface area (Å²) < 4.78 is 46.8.